The van der Waals surface area contributed by atoms with Crippen LogP contribution in [0.15, 0.2) is 54.7 Å². The van der Waals surface area contributed by atoms with E-state index in [-0.39, 0.29) is 27.1 Å². The number of nitrogens with zero attached hydrogens (tertiary/aromatic N) is 3. The summed E-state index contributed by atoms with van der Waals surface area (Å²) in [5.41, 5.74) is 5.47. The lowest BCUT2D eigenvalue weighted by atomic mass is 10.0. The van der Waals surface area contributed by atoms with Crippen molar-refractivity contribution in [3.63, 3.8) is 0 Å². The molecule has 2 aromatic heterocycles. The van der Waals surface area contributed by atoms with E-state index in [1.165, 1.54) is 59.2 Å². The molecule has 4 N–H and O–H groups in total. The molecular weight excluding hydrogens is 494 g/mol. The van der Waals surface area contributed by atoms with Crippen LogP contribution in [0.2, 0.25) is 10.0 Å². The van der Waals surface area contributed by atoms with Crippen molar-refractivity contribution in [1.29, 1.82) is 0 Å². The summed E-state index contributed by atoms with van der Waals surface area (Å²) in [6.45, 7) is -1.27. The SMILES string of the molecule is Nc1nc2cc(-c3ccc(Cl)c(C(=O)NCC(F)(F)[C@H](O)c4cccc(Cl)c4)c3F)ccn2n1. The first-order valence-corrected chi connectivity index (χ1v) is 10.5. The van der Waals surface area contributed by atoms with Gasteiger partial charge >= 0.3 is 0 Å². The fraction of sp³-hybridized carbons (Fsp3) is 0.136. The molecule has 0 unspecified atom stereocenters. The van der Waals surface area contributed by atoms with Crippen LogP contribution in [0, 0.1) is 5.82 Å². The highest BCUT2D eigenvalue weighted by Gasteiger charge is 2.40. The van der Waals surface area contributed by atoms with Gasteiger partial charge in [-0.25, -0.2) is 17.7 Å². The number of alkyl halides is 2. The maximum Gasteiger partial charge on any atom is 0.294 e. The van der Waals surface area contributed by atoms with Gasteiger partial charge in [0.25, 0.3) is 11.8 Å². The Morgan fingerprint density at radius 2 is 1.97 bits per heavy atom. The number of amides is 1. The third-order valence-electron chi connectivity index (χ3n) is 5.03. The van der Waals surface area contributed by atoms with Gasteiger partial charge in [-0.1, -0.05) is 35.3 Å². The molecule has 7 nitrogen and oxygen atoms in total. The van der Waals surface area contributed by atoms with Crippen molar-refractivity contribution in [3.05, 3.63) is 81.7 Å². The second-order valence-corrected chi connectivity index (χ2v) is 8.22. The van der Waals surface area contributed by atoms with Crippen molar-refractivity contribution in [2.24, 2.45) is 0 Å². The Morgan fingerprint density at radius 3 is 2.71 bits per heavy atom. The van der Waals surface area contributed by atoms with Crippen LogP contribution in [0.5, 0.6) is 0 Å². The van der Waals surface area contributed by atoms with Crippen molar-refractivity contribution >= 4 is 40.7 Å². The fourth-order valence-corrected chi connectivity index (χ4v) is 3.78. The van der Waals surface area contributed by atoms with Gasteiger partial charge in [-0.15, -0.1) is 5.10 Å². The number of rotatable bonds is 6. The molecule has 0 fully saturated rings. The van der Waals surface area contributed by atoms with Crippen LogP contribution in [0.4, 0.5) is 19.1 Å². The van der Waals surface area contributed by atoms with Crippen molar-refractivity contribution in [2.75, 3.05) is 12.3 Å². The van der Waals surface area contributed by atoms with Gasteiger partial charge in [0.1, 0.15) is 11.9 Å². The highest BCUT2D eigenvalue weighted by Crippen LogP contribution is 2.33. The number of benzene rings is 2. The largest absolute Gasteiger partial charge is 0.382 e. The maximum atomic E-state index is 15.3. The Bertz CT molecular complexity index is 1400. The van der Waals surface area contributed by atoms with Gasteiger partial charge in [-0.2, -0.15) is 4.98 Å². The van der Waals surface area contributed by atoms with Gasteiger partial charge < -0.3 is 16.2 Å². The van der Waals surface area contributed by atoms with Crippen LogP contribution in [-0.4, -0.2) is 38.1 Å². The standard InChI is InChI=1S/C22H16Cl2F3N5O2/c23-13-3-1-2-12(8-13)19(33)22(26,27)10-29-20(34)17-15(24)5-4-14(18(17)25)11-6-7-32-16(9-11)30-21(28)31-32/h1-9,19,33H,10H2,(H2,28,31)(H,29,34)/t19-/m1/s1. The normalized spacial score (nSPS) is 12.6. The zero-order chi connectivity index (χ0) is 24.6. The second kappa shape index (κ2) is 9.13. The topological polar surface area (TPSA) is 106 Å². The summed E-state index contributed by atoms with van der Waals surface area (Å²) in [5, 5.41) is 15.8. The second-order valence-electron chi connectivity index (χ2n) is 7.37. The number of aliphatic hydroxyl groups excluding tert-OH is 1. The molecule has 0 aliphatic carbocycles. The first kappa shape index (κ1) is 23.8. The van der Waals surface area contributed by atoms with E-state index in [4.69, 9.17) is 28.9 Å². The monoisotopic (exact) mass is 509 g/mol. The molecule has 0 aliphatic heterocycles. The molecule has 4 aromatic rings. The van der Waals surface area contributed by atoms with Crippen molar-refractivity contribution in [2.45, 2.75) is 12.0 Å². The smallest absolute Gasteiger partial charge is 0.294 e. The number of nitrogen functional groups attached to an aromatic ring is 1. The molecule has 176 valence electrons. The van der Waals surface area contributed by atoms with E-state index in [1.807, 2.05) is 5.32 Å². The number of carbonyl (C=O) groups excluding carboxylic acids is 1. The minimum absolute atomic E-state index is 0.00987. The highest BCUT2D eigenvalue weighted by atomic mass is 35.5. The van der Waals surface area contributed by atoms with Crippen LogP contribution in [0.25, 0.3) is 16.8 Å². The molecule has 0 radical (unpaired) electrons. The maximum absolute atomic E-state index is 15.3. The predicted octanol–water partition coefficient (Wildman–Crippen LogP) is 4.52. The number of hydrogen-bond acceptors (Lipinski definition) is 5. The molecule has 0 spiro atoms. The number of carbonyl (C=O) groups is 1. The Morgan fingerprint density at radius 1 is 1.21 bits per heavy atom. The lowest BCUT2D eigenvalue weighted by molar-refractivity contribution is -0.106. The zero-order valence-electron chi connectivity index (χ0n) is 17.1. The average molecular weight is 510 g/mol. The molecule has 34 heavy (non-hydrogen) atoms. The Labute approximate surface area is 200 Å². The fourth-order valence-electron chi connectivity index (χ4n) is 3.35. The minimum atomic E-state index is -3.78. The van der Waals surface area contributed by atoms with E-state index in [9.17, 15) is 18.7 Å². The van der Waals surface area contributed by atoms with Crippen molar-refractivity contribution < 1.29 is 23.1 Å². The summed E-state index contributed by atoms with van der Waals surface area (Å²) in [4.78, 5) is 16.6. The van der Waals surface area contributed by atoms with Crippen molar-refractivity contribution in [3.8, 4) is 11.1 Å². The predicted molar refractivity (Wildman–Crippen MR) is 121 cm³/mol. The minimum Gasteiger partial charge on any atom is -0.382 e. The molecule has 0 aliphatic rings. The number of pyridine rings is 1. The lowest BCUT2D eigenvalue weighted by Gasteiger charge is -2.23. The molecular formula is C22H16Cl2F3N5O2. The molecule has 0 saturated heterocycles. The van der Waals surface area contributed by atoms with Gasteiger partial charge in [0.15, 0.2) is 5.65 Å². The number of aromatic nitrogens is 3. The Balaban J connectivity index is 1.58. The first-order valence-electron chi connectivity index (χ1n) is 9.76. The molecule has 2 aromatic carbocycles. The Hall–Kier alpha value is -3.34. The number of nitrogens with one attached hydrogen (secondary N) is 1. The number of fused-ring (bicyclic) bond motifs is 1. The third-order valence-corrected chi connectivity index (χ3v) is 5.58. The number of halogens is 5. The summed E-state index contributed by atoms with van der Waals surface area (Å²) >= 11 is 11.8. The van der Waals surface area contributed by atoms with Crippen molar-refractivity contribution in [1.82, 2.24) is 19.9 Å². The summed E-state index contributed by atoms with van der Waals surface area (Å²) in [7, 11) is 0. The third kappa shape index (κ3) is 4.65. The number of nitrogens with two attached hydrogens (primary N) is 1. The highest BCUT2D eigenvalue weighted by molar-refractivity contribution is 6.34. The zero-order valence-corrected chi connectivity index (χ0v) is 18.7. The van der Waals surface area contributed by atoms with Crippen LogP contribution < -0.4 is 11.1 Å². The van der Waals surface area contributed by atoms with Crippen LogP contribution in [-0.2, 0) is 0 Å². The molecule has 1 atom stereocenters. The quantitative estimate of drug-likeness (QED) is 0.354. The van der Waals surface area contributed by atoms with Gasteiger partial charge in [0.2, 0.25) is 5.95 Å². The van der Waals surface area contributed by atoms with E-state index in [0.29, 0.717) is 11.2 Å². The summed E-state index contributed by atoms with van der Waals surface area (Å²) < 4.78 is 45.8. The molecule has 12 heteroatoms. The number of anilines is 1. The lowest BCUT2D eigenvalue weighted by Crippen LogP contribution is -2.41. The molecule has 2 heterocycles. The average Bonchev–Trinajstić information content (AvgIpc) is 3.16. The van der Waals surface area contributed by atoms with Crippen LogP contribution in [0.1, 0.15) is 22.0 Å². The molecule has 0 saturated carbocycles. The number of hydrogen-bond donors (Lipinski definition) is 3. The van der Waals surface area contributed by atoms with Gasteiger partial charge in [0.05, 0.1) is 17.1 Å². The van der Waals surface area contributed by atoms with E-state index in [1.54, 1.807) is 0 Å². The summed E-state index contributed by atoms with van der Waals surface area (Å²) in [6, 6.07) is 11.0. The molecule has 1 amide bonds. The van der Waals surface area contributed by atoms with E-state index in [2.05, 4.69) is 10.1 Å². The van der Waals surface area contributed by atoms with E-state index >= 15 is 4.39 Å². The Kier molecular flexibility index (Phi) is 6.39. The van der Waals surface area contributed by atoms with Crippen LogP contribution >= 0.6 is 23.2 Å². The van der Waals surface area contributed by atoms with E-state index < -0.39 is 35.9 Å². The molecule has 0 bridgehead atoms. The van der Waals surface area contributed by atoms with Gasteiger partial charge in [-0.3, -0.25) is 4.79 Å². The summed E-state index contributed by atoms with van der Waals surface area (Å²) in [5.74, 6) is -5.94. The molecule has 4 rings (SSSR count). The van der Waals surface area contributed by atoms with Gasteiger partial charge in [-0.05, 0) is 47.5 Å². The van der Waals surface area contributed by atoms with Gasteiger partial charge in [0, 0.05) is 16.8 Å². The number of aliphatic hydroxyl groups is 1. The van der Waals surface area contributed by atoms with E-state index in [0.717, 1.165) is 0 Å². The van der Waals surface area contributed by atoms with Crippen LogP contribution in [0.3, 0.4) is 0 Å². The first-order chi connectivity index (χ1) is 16.1. The summed E-state index contributed by atoms with van der Waals surface area (Å²) in [6.07, 6.45) is -0.750.